The number of hydrogen-bond acceptors (Lipinski definition) is 1. The van der Waals surface area contributed by atoms with Crippen molar-refractivity contribution in [2.24, 2.45) is 5.92 Å². The molecule has 0 fully saturated rings. The average molecular weight is 175 g/mol. The molecule has 0 spiro atoms. The van der Waals surface area contributed by atoms with Crippen molar-refractivity contribution in [3.8, 4) is 0 Å². The van der Waals surface area contributed by atoms with Gasteiger partial charge in [-0.25, -0.2) is 0 Å². The van der Waals surface area contributed by atoms with Crippen molar-refractivity contribution < 1.29 is 0 Å². The van der Waals surface area contributed by atoms with E-state index in [4.69, 9.17) is 0 Å². The van der Waals surface area contributed by atoms with Crippen LogP contribution in [0.25, 0.3) is 0 Å². The fourth-order valence-electron chi connectivity index (χ4n) is 1.95. The number of benzene rings is 1. The van der Waals surface area contributed by atoms with Crippen molar-refractivity contribution in [2.45, 2.75) is 32.9 Å². The van der Waals surface area contributed by atoms with Crippen LogP contribution in [0.1, 0.15) is 25.0 Å². The lowest BCUT2D eigenvalue weighted by Gasteiger charge is -2.28. The minimum absolute atomic E-state index is 0.662. The van der Waals surface area contributed by atoms with Crippen molar-refractivity contribution in [3.05, 3.63) is 35.4 Å². The van der Waals surface area contributed by atoms with E-state index in [9.17, 15) is 0 Å². The van der Waals surface area contributed by atoms with Crippen LogP contribution in [0.4, 0.5) is 0 Å². The molecule has 1 N–H and O–H groups in total. The predicted molar refractivity (Wildman–Crippen MR) is 55.6 cm³/mol. The number of rotatable bonds is 1. The molecule has 0 radical (unpaired) electrons. The van der Waals surface area contributed by atoms with E-state index in [1.807, 2.05) is 0 Å². The Morgan fingerprint density at radius 1 is 1.23 bits per heavy atom. The van der Waals surface area contributed by atoms with Gasteiger partial charge >= 0.3 is 0 Å². The highest BCUT2D eigenvalue weighted by Gasteiger charge is 2.19. The first-order chi connectivity index (χ1) is 6.27. The van der Waals surface area contributed by atoms with E-state index in [2.05, 4.69) is 43.4 Å². The van der Waals surface area contributed by atoms with Crippen LogP contribution >= 0.6 is 0 Å². The van der Waals surface area contributed by atoms with Gasteiger partial charge < -0.3 is 5.32 Å². The molecule has 2 rings (SSSR count). The van der Waals surface area contributed by atoms with E-state index >= 15 is 0 Å². The van der Waals surface area contributed by atoms with E-state index < -0.39 is 0 Å². The monoisotopic (exact) mass is 175 g/mol. The van der Waals surface area contributed by atoms with Crippen LogP contribution in [-0.2, 0) is 13.0 Å². The highest BCUT2D eigenvalue weighted by atomic mass is 14.9. The molecule has 1 unspecified atom stereocenters. The van der Waals surface area contributed by atoms with Crippen LogP contribution in [0, 0.1) is 5.92 Å². The summed E-state index contributed by atoms with van der Waals surface area (Å²) in [6.45, 7) is 5.61. The molecule has 1 aliphatic rings. The van der Waals surface area contributed by atoms with Gasteiger partial charge in [0.1, 0.15) is 0 Å². The third-order valence-corrected chi connectivity index (χ3v) is 2.92. The lowest BCUT2D eigenvalue weighted by Crippen LogP contribution is -2.39. The fraction of sp³-hybridized carbons (Fsp3) is 0.500. The summed E-state index contributed by atoms with van der Waals surface area (Å²) in [4.78, 5) is 0. The maximum atomic E-state index is 3.57. The van der Waals surface area contributed by atoms with Gasteiger partial charge in [0, 0.05) is 12.6 Å². The fourth-order valence-corrected chi connectivity index (χ4v) is 1.95. The van der Waals surface area contributed by atoms with Gasteiger partial charge in [0.15, 0.2) is 0 Å². The van der Waals surface area contributed by atoms with E-state index in [-0.39, 0.29) is 0 Å². The van der Waals surface area contributed by atoms with Crippen molar-refractivity contribution in [1.82, 2.24) is 5.32 Å². The van der Waals surface area contributed by atoms with Gasteiger partial charge in [-0.3, -0.25) is 0 Å². The predicted octanol–water partition coefficient (Wildman–Crippen LogP) is 2.36. The van der Waals surface area contributed by atoms with Crippen molar-refractivity contribution >= 4 is 0 Å². The Labute approximate surface area is 80.2 Å². The Morgan fingerprint density at radius 3 is 2.62 bits per heavy atom. The van der Waals surface area contributed by atoms with Crippen molar-refractivity contribution in [3.63, 3.8) is 0 Å². The summed E-state index contributed by atoms with van der Waals surface area (Å²) in [6, 6.07) is 9.40. The molecule has 1 nitrogen and oxygen atoms in total. The van der Waals surface area contributed by atoms with E-state index in [0.717, 1.165) is 12.5 Å². The summed E-state index contributed by atoms with van der Waals surface area (Å²) in [5.41, 5.74) is 3.00. The summed E-state index contributed by atoms with van der Waals surface area (Å²) < 4.78 is 0. The smallest absolute Gasteiger partial charge is 0.0211 e. The molecule has 0 saturated carbocycles. The Morgan fingerprint density at radius 2 is 1.92 bits per heavy atom. The molecular weight excluding hydrogens is 158 g/mol. The van der Waals surface area contributed by atoms with Gasteiger partial charge in [0.05, 0.1) is 0 Å². The zero-order valence-electron chi connectivity index (χ0n) is 8.38. The van der Waals surface area contributed by atoms with Gasteiger partial charge in [-0.15, -0.1) is 0 Å². The second-order valence-corrected chi connectivity index (χ2v) is 4.20. The molecule has 0 saturated heterocycles. The van der Waals surface area contributed by atoms with Crippen molar-refractivity contribution in [2.75, 3.05) is 0 Å². The minimum Gasteiger partial charge on any atom is -0.309 e. The maximum Gasteiger partial charge on any atom is 0.0211 e. The van der Waals surface area contributed by atoms with Crippen LogP contribution < -0.4 is 5.32 Å². The van der Waals surface area contributed by atoms with Gasteiger partial charge in [-0.05, 0) is 23.5 Å². The zero-order chi connectivity index (χ0) is 9.26. The summed E-state index contributed by atoms with van der Waals surface area (Å²) in [6.07, 6.45) is 1.19. The maximum absolute atomic E-state index is 3.57. The normalized spacial score (nSPS) is 21.6. The molecule has 1 heteroatoms. The molecule has 1 aromatic rings. The van der Waals surface area contributed by atoms with E-state index in [1.165, 1.54) is 17.5 Å². The SMILES string of the molecule is CC(C)C1Cc2ccccc2CN1. The Hall–Kier alpha value is -0.820. The van der Waals surface area contributed by atoms with Crippen LogP contribution in [0.2, 0.25) is 0 Å². The summed E-state index contributed by atoms with van der Waals surface area (Å²) in [5.74, 6) is 0.730. The molecule has 0 aromatic heterocycles. The molecule has 0 aliphatic carbocycles. The minimum atomic E-state index is 0.662. The largest absolute Gasteiger partial charge is 0.309 e. The summed E-state index contributed by atoms with van der Waals surface area (Å²) >= 11 is 0. The molecule has 13 heavy (non-hydrogen) atoms. The topological polar surface area (TPSA) is 12.0 Å². The first-order valence-electron chi connectivity index (χ1n) is 5.07. The molecule has 1 heterocycles. The standard InChI is InChI=1S/C12H17N/c1-9(2)12-7-10-5-3-4-6-11(10)8-13-12/h3-6,9,12-13H,7-8H2,1-2H3. The first-order valence-corrected chi connectivity index (χ1v) is 5.07. The third kappa shape index (κ3) is 1.75. The van der Waals surface area contributed by atoms with E-state index in [0.29, 0.717) is 6.04 Å². The molecule has 1 aliphatic heterocycles. The molecule has 0 amide bonds. The molecular formula is C12H17N. The van der Waals surface area contributed by atoms with Crippen LogP contribution in [0.15, 0.2) is 24.3 Å². The second-order valence-electron chi connectivity index (χ2n) is 4.20. The second kappa shape index (κ2) is 3.51. The third-order valence-electron chi connectivity index (χ3n) is 2.92. The lowest BCUT2D eigenvalue weighted by atomic mass is 9.90. The molecule has 1 aromatic carbocycles. The first kappa shape index (κ1) is 8.76. The zero-order valence-corrected chi connectivity index (χ0v) is 8.38. The quantitative estimate of drug-likeness (QED) is 0.691. The number of nitrogens with one attached hydrogen (secondary N) is 1. The molecule has 1 atom stereocenters. The Bertz CT molecular complexity index is 291. The van der Waals surface area contributed by atoms with Gasteiger partial charge in [-0.1, -0.05) is 38.1 Å². The highest BCUT2D eigenvalue weighted by Crippen LogP contribution is 2.19. The highest BCUT2D eigenvalue weighted by molar-refractivity contribution is 5.29. The lowest BCUT2D eigenvalue weighted by molar-refractivity contribution is 0.377. The van der Waals surface area contributed by atoms with Crippen molar-refractivity contribution in [1.29, 1.82) is 0 Å². The average Bonchev–Trinajstić information content (AvgIpc) is 2.17. The molecule has 70 valence electrons. The molecule has 0 bridgehead atoms. The number of fused-ring (bicyclic) bond motifs is 1. The Balaban J connectivity index is 2.20. The van der Waals surface area contributed by atoms with Crippen LogP contribution in [-0.4, -0.2) is 6.04 Å². The van der Waals surface area contributed by atoms with Crippen LogP contribution in [0.5, 0.6) is 0 Å². The van der Waals surface area contributed by atoms with Crippen LogP contribution in [0.3, 0.4) is 0 Å². The van der Waals surface area contributed by atoms with E-state index in [1.54, 1.807) is 0 Å². The summed E-state index contributed by atoms with van der Waals surface area (Å²) in [5, 5.41) is 3.57. The number of hydrogen-bond donors (Lipinski definition) is 1. The summed E-state index contributed by atoms with van der Waals surface area (Å²) in [7, 11) is 0. The Kier molecular flexibility index (Phi) is 2.36. The van der Waals surface area contributed by atoms with Gasteiger partial charge in [0.25, 0.3) is 0 Å². The van der Waals surface area contributed by atoms with Gasteiger partial charge in [0.2, 0.25) is 0 Å². The van der Waals surface area contributed by atoms with Gasteiger partial charge in [-0.2, -0.15) is 0 Å².